The number of benzene rings is 1. The van der Waals surface area contributed by atoms with E-state index < -0.39 is 5.60 Å². The lowest BCUT2D eigenvalue weighted by Gasteiger charge is -2.29. The summed E-state index contributed by atoms with van der Waals surface area (Å²) in [7, 11) is 0. The summed E-state index contributed by atoms with van der Waals surface area (Å²) < 4.78 is 6.66. The number of nitrogens with one attached hydrogen (secondary N) is 1. The highest BCUT2D eigenvalue weighted by Gasteiger charge is 2.56. The zero-order chi connectivity index (χ0) is 17.8. The van der Waals surface area contributed by atoms with Gasteiger partial charge in [0, 0.05) is 22.3 Å². The maximum Gasteiger partial charge on any atom is 0.411 e. The van der Waals surface area contributed by atoms with E-state index in [1.165, 1.54) is 0 Å². The van der Waals surface area contributed by atoms with E-state index in [2.05, 4.69) is 20.9 Å². The number of piperidine rings is 1. The average Bonchev–Trinajstić information content (AvgIpc) is 2.97. The van der Waals surface area contributed by atoms with Gasteiger partial charge in [-0.1, -0.05) is 28.1 Å². The van der Waals surface area contributed by atoms with Crippen molar-refractivity contribution in [3.05, 3.63) is 40.8 Å². The average molecular weight is 404 g/mol. The van der Waals surface area contributed by atoms with Gasteiger partial charge in [0.25, 0.3) is 0 Å². The Morgan fingerprint density at radius 2 is 2.00 bits per heavy atom. The Hall–Kier alpha value is -1.82. The predicted molar refractivity (Wildman–Crippen MR) is 99.0 cm³/mol. The van der Waals surface area contributed by atoms with Crippen molar-refractivity contribution >= 4 is 22.0 Å². The lowest BCUT2D eigenvalue weighted by molar-refractivity contribution is 0.0175. The molecule has 4 rings (SSSR count). The summed E-state index contributed by atoms with van der Waals surface area (Å²) in [4.78, 5) is 22.6. The van der Waals surface area contributed by atoms with Gasteiger partial charge in [0.15, 0.2) is 0 Å². The van der Waals surface area contributed by atoms with Crippen LogP contribution in [0.1, 0.15) is 45.5 Å². The van der Waals surface area contributed by atoms with Crippen LogP contribution in [0.5, 0.6) is 0 Å². The number of aromatic amines is 1. The number of carbonyl (C=O) groups is 1. The van der Waals surface area contributed by atoms with Gasteiger partial charge >= 0.3 is 6.09 Å². The molecule has 3 atom stereocenters. The molecule has 2 aromatic rings. The Balaban J connectivity index is 1.57. The van der Waals surface area contributed by atoms with Crippen LogP contribution < -0.4 is 0 Å². The number of H-pyrrole nitrogens is 1. The van der Waals surface area contributed by atoms with Gasteiger partial charge in [-0.15, -0.1) is 0 Å². The first-order valence-electron chi connectivity index (χ1n) is 8.64. The fraction of sp³-hybridized carbons (Fsp3) is 0.474. The minimum atomic E-state index is -0.486. The van der Waals surface area contributed by atoms with E-state index in [4.69, 9.17) is 9.72 Å². The molecule has 1 aromatic heterocycles. The Morgan fingerprint density at radius 3 is 2.68 bits per heavy atom. The number of aromatic nitrogens is 2. The lowest BCUT2D eigenvalue weighted by Crippen LogP contribution is -2.38. The highest BCUT2D eigenvalue weighted by Crippen LogP contribution is 2.53. The summed E-state index contributed by atoms with van der Waals surface area (Å²) in [6, 6.07) is 8.34. The van der Waals surface area contributed by atoms with E-state index in [1.54, 1.807) is 0 Å². The highest BCUT2D eigenvalue weighted by molar-refractivity contribution is 9.10. The third-order valence-electron chi connectivity index (χ3n) is 4.76. The molecule has 0 unspecified atom stereocenters. The quantitative estimate of drug-likeness (QED) is 0.774. The van der Waals surface area contributed by atoms with Crippen molar-refractivity contribution in [2.75, 3.05) is 0 Å². The molecule has 6 heteroatoms. The first-order valence-corrected chi connectivity index (χ1v) is 9.44. The van der Waals surface area contributed by atoms with E-state index in [-0.39, 0.29) is 12.1 Å². The van der Waals surface area contributed by atoms with E-state index >= 15 is 0 Å². The van der Waals surface area contributed by atoms with Crippen molar-refractivity contribution in [1.82, 2.24) is 14.9 Å². The summed E-state index contributed by atoms with van der Waals surface area (Å²) in [5, 5.41) is 0. The molecule has 5 nitrogen and oxygen atoms in total. The van der Waals surface area contributed by atoms with Gasteiger partial charge in [-0.2, -0.15) is 0 Å². The molecule has 2 aliphatic rings. The zero-order valence-corrected chi connectivity index (χ0v) is 16.2. The summed E-state index contributed by atoms with van der Waals surface area (Å²) in [5.74, 6) is 1.43. The lowest BCUT2D eigenvalue weighted by atomic mass is 10.1. The number of halogens is 1. The van der Waals surface area contributed by atoms with Gasteiger partial charge in [0.05, 0.1) is 11.7 Å². The van der Waals surface area contributed by atoms with Crippen LogP contribution in [0.2, 0.25) is 0 Å². The van der Waals surface area contributed by atoms with Crippen LogP contribution in [-0.2, 0) is 4.74 Å². The van der Waals surface area contributed by atoms with Crippen molar-refractivity contribution in [3.63, 3.8) is 0 Å². The highest BCUT2D eigenvalue weighted by atomic mass is 79.9. The van der Waals surface area contributed by atoms with Crippen LogP contribution in [-0.4, -0.2) is 32.6 Å². The van der Waals surface area contributed by atoms with Crippen LogP contribution in [0.3, 0.4) is 0 Å². The molecule has 0 bridgehead atoms. The van der Waals surface area contributed by atoms with E-state index in [1.807, 2.05) is 56.1 Å². The van der Waals surface area contributed by atoms with Crippen LogP contribution in [0, 0.1) is 5.92 Å². The Bertz CT molecular complexity index is 794. The minimum Gasteiger partial charge on any atom is -0.444 e. The molecule has 25 heavy (non-hydrogen) atoms. The predicted octanol–water partition coefficient (Wildman–Crippen LogP) is 4.91. The normalized spacial score (nSPS) is 25.0. The smallest absolute Gasteiger partial charge is 0.411 e. The fourth-order valence-electron chi connectivity index (χ4n) is 3.55. The number of imidazole rings is 1. The van der Waals surface area contributed by atoms with Crippen molar-refractivity contribution in [1.29, 1.82) is 0 Å². The van der Waals surface area contributed by atoms with Crippen LogP contribution in [0.25, 0.3) is 11.3 Å². The number of rotatable bonds is 2. The summed E-state index contributed by atoms with van der Waals surface area (Å²) in [5.41, 5.74) is 1.46. The summed E-state index contributed by atoms with van der Waals surface area (Å²) in [6.07, 6.45) is 3.72. The molecule has 1 aliphatic heterocycles. The molecule has 2 heterocycles. The van der Waals surface area contributed by atoms with E-state index in [0.29, 0.717) is 12.0 Å². The molecule has 1 N–H and O–H groups in total. The van der Waals surface area contributed by atoms with E-state index in [0.717, 1.165) is 34.4 Å². The van der Waals surface area contributed by atoms with Crippen molar-refractivity contribution in [3.8, 4) is 11.3 Å². The summed E-state index contributed by atoms with van der Waals surface area (Å²) >= 11 is 3.45. The topological polar surface area (TPSA) is 58.2 Å². The number of hydrogen-bond acceptors (Lipinski definition) is 3. The maximum absolute atomic E-state index is 12.7. The maximum atomic E-state index is 12.7. The van der Waals surface area contributed by atoms with Gasteiger partial charge in [-0.3, -0.25) is 4.90 Å². The van der Waals surface area contributed by atoms with E-state index in [9.17, 15) is 4.79 Å². The third-order valence-corrected chi connectivity index (χ3v) is 5.29. The van der Waals surface area contributed by atoms with Crippen LogP contribution >= 0.6 is 15.9 Å². The second-order valence-electron chi connectivity index (χ2n) is 7.88. The van der Waals surface area contributed by atoms with Crippen molar-refractivity contribution in [2.24, 2.45) is 5.92 Å². The standard InChI is InChI=1S/C19H22BrN3O2/c1-19(2,3)25-18(24)23-15-8-12(15)9-16(23)17-21-10-14(22-17)11-4-6-13(20)7-5-11/h4-7,10,12,15-16H,8-9H2,1-3H3,(H,21,22)/t12-,15-,16+/m1/s1. The Morgan fingerprint density at radius 1 is 1.28 bits per heavy atom. The SMILES string of the molecule is CC(C)(C)OC(=O)N1[C@@H]2C[C@@H]2C[C@H]1c1nc(-c2ccc(Br)cc2)c[nH]1. The Labute approximate surface area is 155 Å². The minimum absolute atomic E-state index is 0.0252. The number of likely N-dealkylation sites (tertiary alicyclic amines) is 1. The molecule has 1 aliphatic carbocycles. The number of nitrogens with zero attached hydrogens (tertiary/aromatic N) is 2. The monoisotopic (exact) mass is 403 g/mol. The van der Waals surface area contributed by atoms with Crippen LogP contribution in [0.4, 0.5) is 4.79 Å². The summed E-state index contributed by atoms with van der Waals surface area (Å²) in [6.45, 7) is 5.71. The molecule has 1 saturated carbocycles. The molecule has 0 spiro atoms. The van der Waals surface area contributed by atoms with Crippen molar-refractivity contribution in [2.45, 2.75) is 51.3 Å². The number of carbonyl (C=O) groups excluding carboxylic acids is 1. The fourth-order valence-corrected chi connectivity index (χ4v) is 3.82. The number of amides is 1. The van der Waals surface area contributed by atoms with Gasteiger partial charge in [-0.25, -0.2) is 9.78 Å². The molecule has 1 saturated heterocycles. The van der Waals surface area contributed by atoms with Crippen LogP contribution in [0.15, 0.2) is 34.9 Å². The second-order valence-corrected chi connectivity index (χ2v) is 8.80. The van der Waals surface area contributed by atoms with Gasteiger partial charge in [0.2, 0.25) is 0 Å². The third kappa shape index (κ3) is 3.32. The van der Waals surface area contributed by atoms with Gasteiger partial charge in [0.1, 0.15) is 11.4 Å². The van der Waals surface area contributed by atoms with Crippen molar-refractivity contribution < 1.29 is 9.53 Å². The number of ether oxygens (including phenoxy) is 1. The Kier molecular flexibility index (Phi) is 3.90. The first kappa shape index (κ1) is 16.6. The second kappa shape index (κ2) is 5.87. The molecular weight excluding hydrogens is 382 g/mol. The number of fused-ring (bicyclic) bond motifs is 1. The molecule has 132 valence electrons. The van der Waals surface area contributed by atoms with Gasteiger partial charge < -0.3 is 9.72 Å². The molecule has 2 fully saturated rings. The first-order chi connectivity index (χ1) is 11.8. The van der Waals surface area contributed by atoms with Gasteiger partial charge in [-0.05, 0) is 51.7 Å². The largest absolute Gasteiger partial charge is 0.444 e. The number of hydrogen-bond donors (Lipinski definition) is 1. The molecule has 1 amide bonds. The zero-order valence-electron chi connectivity index (χ0n) is 14.6. The molecule has 0 radical (unpaired) electrons. The molecule has 1 aromatic carbocycles. The molecular formula is C19H22BrN3O2.